The Morgan fingerprint density at radius 1 is 1.28 bits per heavy atom. The van der Waals surface area contributed by atoms with Gasteiger partial charge in [0.05, 0.1) is 10.6 Å². The van der Waals surface area contributed by atoms with Crippen molar-refractivity contribution in [1.82, 2.24) is 29.3 Å². The summed E-state index contributed by atoms with van der Waals surface area (Å²) >= 11 is 3.41. The van der Waals surface area contributed by atoms with E-state index >= 15 is 0 Å². The molecule has 4 aromatic heterocycles. The number of fused-ring (bicyclic) bond motifs is 1. The number of allylic oxidation sites excluding steroid dienone is 1. The summed E-state index contributed by atoms with van der Waals surface area (Å²) in [6, 6.07) is 4.23. The van der Waals surface area contributed by atoms with E-state index in [0.29, 0.717) is 0 Å². The molecule has 0 aliphatic rings. The number of thioether (sulfide) groups is 1. The van der Waals surface area contributed by atoms with Crippen LogP contribution >= 0.6 is 23.1 Å². The Labute approximate surface area is 178 Å². The average Bonchev–Trinajstić information content (AvgIpc) is 3.38. The van der Waals surface area contributed by atoms with E-state index in [1.54, 1.807) is 29.4 Å². The van der Waals surface area contributed by atoms with E-state index in [9.17, 15) is 0 Å². The molecule has 0 bridgehead atoms. The number of rotatable bonds is 6. The van der Waals surface area contributed by atoms with Crippen LogP contribution in [0.25, 0.3) is 27.6 Å². The molecule has 4 heterocycles. The second-order valence-corrected chi connectivity index (χ2v) is 9.19. The molecule has 0 amide bonds. The summed E-state index contributed by atoms with van der Waals surface area (Å²) in [5.41, 5.74) is 4.09. The first-order valence-electron chi connectivity index (χ1n) is 9.19. The summed E-state index contributed by atoms with van der Waals surface area (Å²) in [4.78, 5) is 13.8. The first-order chi connectivity index (χ1) is 13.9. The van der Waals surface area contributed by atoms with Gasteiger partial charge < -0.3 is 9.47 Å². The number of hydrogen-bond donors (Lipinski definition) is 0. The predicted molar refractivity (Wildman–Crippen MR) is 121 cm³/mol. The van der Waals surface area contributed by atoms with Crippen molar-refractivity contribution in [1.29, 1.82) is 0 Å². The zero-order chi connectivity index (χ0) is 20.5. The molecule has 0 unspecified atom stereocenters. The van der Waals surface area contributed by atoms with Crippen LogP contribution in [-0.2, 0) is 7.05 Å². The maximum atomic E-state index is 4.85. The van der Waals surface area contributed by atoms with E-state index in [4.69, 9.17) is 9.97 Å². The minimum absolute atomic E-state index is 0.848. The van der Waals surface area contributed by atoms with Crippen molar-refractivity contribution in [3.05, 3.63) is 41.7 Å². The molecule has 0 aliphatic carbocycles. The second kappa shape index (κ2) is 8.00. The third-order valence-electron chi connectivity index (χ3n) is 4.37. The van der Waals surface area contributed by atoms with Crippen LogP contribution in [0.1, 0.15) is 13.8 Å². The van der Waals surface area contributed by atoms with Crippen LogP contribution in [0, 0.1) is 0 Å². The van der Waals surface area contributed by atoms with E-state index < -0.39 is 0 Å². The number of thiophene rings is 1. The Morgan fingerprint density at radius 2 is 2.10 bits per heavy atom. The van der Waals surface area contributed by atoms with Crippen molar-refractivity contribution < 1.29 is 0 Å². The van der Waals surface area contributed by atoms with Gasteiger partial charge in [-0.3, -0.25) is 4.57 Å². The van der Waals surface area contributed by atoms with Gasteiger partial charge in [0.1, 0.15) is 11.8 Å². The molecule has 7 nitrogen and oxygen atoms in total. The predicted octanol–water partition coefficient (Wildman–Crippen LogP) is 4.40. The number of pyridine rings is 1. The molecule has 9 heteroatoms. The molecule has 0 aliphatic heterocycles. The topological polar surface area (TPSA) is 64.7 Å². The number of aromatic nitrogens is 6. The van der Waals surface area contributed by atoms with E-state index in [1.165, 1.54) is 5.57 Å². The molecule has 0 fully saturated rings. The van der Waals surface area contributed by atoms with Gasteiger partial charge in [0.15, 0.2) is 11.5 Å². The van der Waals surface area contributed by atoms with Gasteiger partial charge in [0, 0.05) is 43.4 Å². The SMILES string of the molecule is CC(C)=CCSc1cnc2c(c1)nc(N(C)C)n2-c1csc(-c2nncn2C)c1. The fourth-order valence-electron chi connectivity index (χ4n) is 2.92. The van der Waals surface area contributed by atoms with E-state index in [-0.39, 0.29) is 0 Å². The van der Waals surface area contributed by atoms with Crippen LogP contribution in [0.15, 0.2) is 46.6 Å². The van der Waals surface area contributed by atoms with Gasteiger partial charge in [-0.05, 0) is 26.0 Å². The first-order valence-corrected chi connectivity index (χ1v) is 11.1. The molecule has 0 N–H and O–H groups in total. The van der Waals surface area contributed by atoms with Crippen molar-refractivity contribution in [2.75, 3.05) is 24.7 Å². The number of nitrogens with zero attached hydrogens (tertiary/aromatic N) is 7. The molecule has 0 aromatic carbocycles. The highest BCUT2D eigenvalue weighted by molar-refractivity contribution is 7.99. The molecule has 4 aromatic rings. The molecule has 150 valence electrons. The zero-order valence-corrected chi connectivity index (χ0v) is 18.8. The highest BCUT2D eigenvalue weighted by Crippen LogP contribution is 2.33. The maximum Gasteiger partial charge on any atom is 0.212 e. The fraction of sp³-hybridized carbons (Fsp3) is 0.300. The van der Waals surface area contributed by atoms with Gasteiger partial charge in [-0.15, -0.1) is 33.3 Å². The summed E-state index contributed by atoms with van der Waals surface area (Å²) < 4.78 is 4.01. The van der Waals surface area contributed by atoms with Crippen molar-refractivity contribution in [2.24, 2.45) is 7.05 Å². The van der Waals surface area contributed by atoms with Gasteiger partial charge >= 0.3 is 0 Å². The maximum absolute atomic E-state index is 4.85. The Kier molecular flexibility index (Phi) is 5.42. The average molecular weight is 426 g/mol. The number of imidazole rings is 1. The van der Waals surface area contributed by atoms with Crippen molar-refractivity contribution in [2.45, 2.75) is 18.7 Å². The number of anilines is 1. The molecule has 29 heavy (non-hydrogen) atoms. The van der Waals surface area contributed by atoms with E-state index in [0.717, 1.165) is 44.1 Å². The summed E-state index contributed by atoms with van der Waals surface area (Å²) in [5, 5.41) is 10.3. The Morgan fingerprint density at radius 3 is 2.79 bits per heavy atom. The van der Waals surface area contributed by atoms with E-state index in [1.807, 2.05) is 36.8 Å². The van der Waals surface area contributed by atoms with Crippen LogP contribution in [0.5, 0.6) is 0 Å². The van der Waals surface area contributed by atoms with Gasteiger partial charge in [-0.1, -0.05) is 11.6 Å². The lowest BCUT2D eigenvalue weighted by Crippen LogP contribution is -2.14. The molecular weight excluding hydrogens is 402 g/mol. The molecular formula is C20H23N7S2. The van der Waals surface area contributed by atoms with Crippen LogP contribution < -0.4 is 4.90 Å². The summed E-state index contributed by atoms with van der Waals surface area (Å²) in [6.07, 6.45) is 5.86. The van der Waals surface area contributed by atoms with Crippen molar-refractivity contribution in [3.63, 3.8) is 0 Å². The lowest BCUT2D eigenvalue weighted by molar-refractivity contribution is 0.921. The first kappa shape index (κ1) is 19.7. The largest absolute Gasteiger partial charge is 0.348 e. The van der Waals surface area contributed by atoms with Gasteiger partial charge in [0.2, 0.25) is 5.95 Å². The minimum atomic E-state index is 0.848. The fourth-order valence-corrected chi connectivity index (χ4v) is 4.75. The van der Waals surface area contributed by atoms with Crippen LogP contribution in [0.4, 0.5) is 5.95 Å². The molecule has 0 spiro atoms. The molecule has 4 rings (SSSR count). The van der Waals surface area contributed by atoms with Crippen LogP contribution in [0.2, 0.25) is 0 Å². The highest BCUT2D eigenvalue weighted by Gasteiger charge is 2.18. The summed E-state index contributed by atoms with van der Waals surface area (Å²) in [6.45, 7) is 4.23. The molecule has 0 saturated carbocycles. The third kappa shape index (κ3) is 3.92. The monoisotopic (exact) mass is 425 g/mol. The smallest absolute Gasteiger partial charge is 0.212 e. The number of aryl methyl sites for hydroxylation is 1. The van der Waals surface area contributed by atoms with E-state index in [2.05, 4.69) is 52.2 Å². The third-order valence-corrected chi connectivity index (χ3v) is 6.18. The van der Waals surface area contributed by atoms with Crippen LogP contribution in [-0.4, -0.2) is 49.1 Å². The lowest BCUT2D eigenvalue weighted by atomic mass is 10.3. The standard InChI is InChI=1S/C20H23N7S2/c1-13(2)6-7-28-15-9-16-18(21-10-15)27(20(23-16)25(3)4)14-8-17(29-11-14)19-24-22-12-26(19)5/h6,8-12H,7H2,1-5H3. The van der Waals surface area contributed by atoms with Crippen molar-refractivity contribution >= 4 is 40.2 Å². The Bertz CT molecular complexity index is 1180. The highest BCUT2D eigenvalue weighted by atomic mass is 32.2. The molecule has 0 atom stereocenters. The summed E-state index contributed by atoms with van der Waals surface area (Å²) in [7, 11) is 5.94. The van der Waals surface area contributed by atoms with Gasteiger partial charge in [0.25, 0.3) is 0 Å². The normalized spacial score (nSPS) is 11.2. The second-order valence-electron chi connectivity index (χ2n) is 7.18. The Balaban J connectivity index is 1.75. The quantitative estimate of drug-likeness (QED) is 0.337. The Hall–Kier alpha value is -2.65. The summed E-state index contributed by atoms with van der Waals surface area (Å²) in [5.74, 6) is 2.63. The zero-order valence-electron chi connectivity index (χ0n) is 17.1. The van der Waals surface area contributed by atoms with Crippen molar-refractivity contribution in [3.8, 4) is 16.4 Å². The molecule has 0 saturated heterocycles. The van der Waals surface area contributed by atoms with Gasteiger partial charge in [-0.2, -0.15) is 0 Å². The van der Waals surface area contributed by atoms with Gasteiger partial charge in [-0.25, -0.2) is 9.97 Å². The molecule has 0 radical (unpaired) electrons. The lowest BCUT2D eigenvalue weighted by Gasteiger charge is -2.13. The van der Waals surface area contributed by atoms with Crippen LogP contribution in [0.3, 0.4) is 0 Å². The minimum Gasteiger partial charge on any atom is -0.348 e. The number of hydrogen-bond acceptors (Lipinski definition) is 7.